The molecule has 1 amide bonds. The summed E-state index contributed by atoms with van der Waals surface area (Å²) in [6.07, 6.45) is 1.53. The van der Waals surface area contributed by atoms with E-state index in [9.17, 15) is 4.79 Å². The van der Waals surface area contributed by atoms with Crippen molar-refractivity contribution in [3.8, 4) is 11.5 Å². The molecule has 0 radical (unpaired) electrons. The molecule has 0 fully saturated rings. The summed E-state index contributed by atoms with van der Waals surface area (Å²) in [5.74, 6) is 0.857. The maximum atomic E-state index is 12.1. The summed E-state index contributed by atoms with van der Waals surface area (Å²) in [6.45, 7) is 0.482. The molecule has 0 saturated heterocycles. The summed E-state index contributed by atoms with van der Waals surface area (Å²) in [5.41, 5.74) is 3.59. The number of ether oxygens (including phenoxy) is 2. The first-order chi connectivity index (χ1) is 13.2. The number of nitrogens with one attached hydrogen (secondary N) is 1. The number of methoxy groups -OCH3 is 1. The van der Waals surface area contributed by atoms with Crippen LogP contribution in [0, 0.1) is 0 Å². The van der Waals surface area contributed by atoms with Crippen molar-refractivity contribution in [1.29, 1.82) is 0 Å². The second-order valence-corrected chi connectivity index (χ2v) is 6.90. The van der Waals surface area contributed by atoms with Crippen LogP contribution in [0.4, 0.5) is 0 Å². The Labute approximate surface area is 166 Å². The van der Waals surface area contributed by atoms with E-state index in [1.807, 2.05) is 29.6 Å². The molecular formula is C20H17ClN2O3S. The second kappa shape index (κ2) is 9.21. The molecule has 0 atom stereocenters. The maximum absolute atomic E-state index is 12.1. The van der Waals surface area contributed by atoms with Crippen LogP contribution in [0.1, 0.15) is 20.8 Å². The fourth-order valence-corrected chi connectivity index (χ4v) is 3.14. The van der Waals surface area contributed by atoms with Gasteiger partial charge in [0.25, 0.3) is 5.91 Å². The largest absolute Gasteiger partial charge is 0.493 e. The van der Waals surface area contributed by atoms with Crippen LogP contribution in [-0.2, 0) is 6.61 Å². The predicted molar refractivity (Wildman–Crippen MR) is 108 cm³/mol. The topological polar surface area (TPSA) is 59.9 Å². The van der Waals surface area contributed by atoms with Crippen molar-refractivity contribution >= 4 is 35.1 Å². The molecule has 1 N–H and O–H groups in total. The van der Waals surface area contributed by atoms with Gasteiger partial charge in [0.15, 0.2) is 11.5 Å². The minimum atomic E-state index is -0.375. The smallest absolute Gasteiger partial charge is 0.272 e. The van der Waals surface area contributed by atoms with E-state index < -0.39 is 0 Å². The third-order valence-electron chi connectivity index (χ3n) is 3.64. The molecule has 138 valence electrons. The Kier molecular flexibility index (Phi) is 6.46. The quantitative estimate of drug-likeness (QED) is 0.459. The average molecular weight is 401 g/mol. The van der Waals surface area contributed by atoms with Gasteiger partial charge in [0.05, 0.1) is 23.9 Å². The number of thiophene rings is 1. The van der Waals surface area contributed by atoms with Crippen molar-refractivity contribution in [3.05, 3.63) is 81.0 Å². The molecule has 1 aromatic heterocycles. The molecule has 3 aromatic rings. The molecule has 0 aliphatic carbocycles. The van der Waals surface area contributed by atoms with Gasteiger partial charge in [-0.3, -0.25) is 4.79 Å². The number of carbonyl (C=O) groups excluding carboxylic acids is 1. The lowest BCUT2D eigenvalue weighted by Crippen LogP contribution is -2.17. The Bertz CT molecular complexity index is 942. The van der Waals surface area contributed by atoms with Crippen molar-refractivity contribution in [1.82, 2.24) is 5.43 Å². The van der Waals surface area contributed by atoms with Crippen LogP contribution in [0.15, 0.2) is 65.1 Å². The Morgan fingerprint density at radius 3 is 2.78 bits per heavy atom. The molecule has 0 aliphatic rings. The van der Waals surface area contributed by atoms with Crippen LogP contribution in [0.3, 0.4) is 0 Å². The number of hydrazone groups is 1. The highest BCUT2D eigenvalue weighted by Gasteiger charge is 2.08. The van der Waals surface area contributed by atoms with Gasteiger partial charge in [0.1, 0.15) is 6.61 Å². The Hall–Kier alpha value is -2.83. The normalized spacial score (nSPS) is 10.7. The van der Waals surface area contributed by atoms with Crippen LogP contribution in [0.25, 0.3) is 0 Å². The first-order valence-electron chi connectivity index (χ1n) is 8.08. The fraction of sp³-hybridized carbons (Fsp3) is 0.100. The standard InChI is InChI=1S/C20H17ClN2O3S/c1-25-19-11-14(8-9-18(19)26-13-15-5-4-10-27-15)12-22-23-20(24)16-6-2-3-7-17(16)21/h2-12H,13H2,1H3,(H,23,24)/b22-12-. The van der Waals surface area contributed by atoms with Crippen molar-refractivity contribution < 1.29 is 14.3 Å². The van der Waals surface area contributed by atoms with Gasteiger partial charge in [-0.2, -0.15) is 5.10 Å². The van der Waals surface area contributed by atoms with E-state index in [-0.39, 0.29) is 5.91 Å². The summed E-state index contributed by atoms with van der Waals surface area (Å²) in [6, 6.07) is 16.2. The Morgan fingerprint density at radius 1 is 1.19 bits per heavy atom. The molecule has 0 unspecified atom stereocenters. The molecular weight excluding hydrogens is 384 g/mol. The molecule has 27 heavy (non-hydrogen) atoms. The number of amides is 1. The number of carbonyl (C=O) groups is 1. The van der Waals surface area contributed by atoms with Crippen LogP contribution >= 0.6 is 22.9 Å². The third kappa shape index (κ3) is 5.09. The summed E-state index contributed by atoms with van der Waals surface area (Å²) in [4.78, 5) is 13.2. The molecule has 0 spiro atoms. The third-order valence-corrected chi connectivity index (χ3v) is 4.82. The molecule has 0 aliphatic heterocycles. The van der Waals surface area contributed by atoms with Gasteiger partial charge >= 0.3 is 0 Å². The summed E-state index contributed by atoms with van der Waals surface area (Å²) < 4.78 is 11.2. The number of rotatable bonds is 7. The average Bonchev–Trinajstić information content (AvgIpc) is 3.20. The van der Waals surface area contributed by atoms with Crippen LogP contribution in [0.2, 0.25) is 5.02 Å². The van der Waals surface area contributed by atoms with Crippen molar-refractivity contribution in [2.75, 3.05) is 7.11 Å². The number of benzene rings is 2. The molecule has 2 aromatic carbocycles. The summed E-state index contributed by atoms with van der Waals surface area (Å²) in [7, 11) is 1.58. The first kappa shape index (κ1) is 18.9. The highest BCUT2D eigenvalue weighted by Crippen LogP contribution is 2.28. The number of halogens is 1. The Balaban J connectivity index is 1.63. The van der Waals surface area contributed by atoms with Crippen molar-refractivity contribution in [2.24, 2.45) is 5.10 Å². The van der Waals surface area contributed by atoms with Gasteiger partial charge in [0, 0.05) is 4.88 Å². The van der Waals surface area contributed by atoms with Gasteiger partial charge in [-0.1, -0.05) is 29.8 Å². The zero-order valence-corrected chi connectivity index (χ0v) is 16.1. The minimum Gasteiger partial charge on any atom is -0.493 e. The van der Waals surface area contributed by atoms with Crippen LogP contribution in [0.5, 0.6) is 11.5 Å². The lowest BCUT2D eigenvalue weighted by Gasteiger charge is -2.10. The van der Waals surface area contributed by atoms with Gasteiger partial charge < -0.3 is 9.47 Å². The van der Waals surface area contributed by atoms with E-state index in [0.29, 0.717) is 28.7 Å². The number of nitrogens with zero attached hydrogens (tertiary/aromatic N) is 1. The highest BCUT2D eigenvalue weighted by atomic mass is 35.5. The lowest BCUT2D eigenvalue weighted by molar-refractivity contribution is 0.0955. The summed E-state index contributed by atoms with van der Waals surface area (Å²) >= 11 is 7.63. The molecule has 1 heterocycles. The molecule has 0 bridgehead atoms. The maximum Gasteiger partial charge on any atom is 0.272 e. The monoisotopic (exact) mass is 400 g/mol. The SMILES string of the molecule is COc1cc(/C=N\NC(=O)c2ccccc2Cl)ccc1OCc1cccs1. The van der Waals surface area contributed by atoms with Crippen LogP contribution in [-0.4, -0.2) is 19.2 Å². The van der Waals surface area contributed by atoms with E-state index in [0.717, 1.165) is 10.4 Å². The molecule has 5 nitrogen and oxygen atoms in total. The highest BCUT2D eigenvalue weighted by molar-refractivity contribution is 7.09. The van der Waals surface area contributed by atoms with Gasteiger partial charge in [-0.15, -0.1) is 11.3 Å². The first-order valence-corrected chi connectivity index (χ1v) is 9.34. The van der Waals surface area contributed by atoms with E-state index in [1.54, 1.807) is 48.8 Å². The Morgan fingerprint density at radius 2 is 2.04 bits per heavy atom. The van der Waals surface area contributed by atoms with E-state index >= 15 is 0 Å². The fourth-order valence-electron chi connectivity index (χ4n) is 2.30. The molecule has 7 heteroatoms. The zero-order chi connectivity index (χ0) is 19.1. The lowest BCUT2D eigenvalue weighted by atomic mass is 10.2. The van der Waals surface area contributed by atoms with Crippen LogP contribution < -0.4 is 14.9 Å². The van der Waals surface area contributed by atoms with Gasteiger partial charge in [0.2, 0.25) is 0 Å². The second-order valence-electron chi connectivity index (χ2n) is 5.46. The van der Waals surface area contributed by atoms with Gasteiger partial charge in [-0.05, 0) is 47.3 Å². The zero-order valence-electron chi connectivity index (χ0n) is 14.5. The number of hydrogen-bond donors (Lipinski definition) is 1. The van der Waals surface area contributed by atoms with Crippen molar-refractivity contribution in [2.45, 2.75) is 6.61 Å². The minimum absolute atomic E-state index is 0.367. The summed E-state index contributed by atoms with van der Waals surface area (Å²) in [5, 5.41) is 6.35. The van der Waals surface area contributed by atoms with E-state index in [1.165, 1.54) is 6.21 Å². The predicted octanol–water partition coefficient (Wildman–Crippen LogP) is 4.75. The molecule has 0 saturated carbocycles. The number of hydrogen-bond acceptors (Lipinski definition) is 5. The van der Waals surface area contributed by atoms with Crippen molar-refractivity contribution in [3.63, 3.8) is 0 Å². The van der Waals surface area contributed by atoms with Gasteiger partial charge in [-0.25, -0.2) is 5.43 Å². The van der Waals surface area contributed by atoms with E-state index in [4.69, 9.17) is 21.1 Å². The van der Waals surface area contributed by atoms with E-state index in [2.05, 4.69) is 10.5 Å². The molecule has 3 rings (SSSR count).